The van der Waals surface area contributed by atoms with Crippen molar-refractivity contribution >= 4 is 23.7 Å². The normalized spacial score (nSPS) is 11.0. The SMILES string of the molecule is CCc1ccc(OCC(=O)N/N=C/c2c(C)nn(-c3ccccc3)c2Cl)cc1. The number of aromatic nitrogens is 2. The van der Waals surface area contributed by atoms with E-state index in [4.69, 9.17) is 16.3 Å². The minimum atomic E-state index is -0.361. The van der Waals surface area contributed by atoms with Crippen molar-refractivity contribution in [2.75, 3.05) is 6.61 Å². The molecule has 0 aliphatic heterocycles. The molecule has 0 aliphatic rings. The van der Waals surface area contributed by atoms with E-state index in [-0.39, 0.29) is 12.5 Å². The molecule has 7 heteroatoms. The molecule has 0 fully saturated rings. The van der Waals surface area contributed by atoms with Gasteiger partial charge in [-0.2, -0.15) is 10.2 Å². The summed E-state index contributed by atoms with van der Waals surface area (Å²) < 4.78 is 7.08. The predicted octanol–water partition coefficient (Wildman–Crippen LogP) is 3.93. The van der Waals surface area contributed by atoms with Gasteiger partial charge >= 0.3 is 0 Å². The maximum atomic E-state index is 11.9. The van der Waals surface area contributed by atoms with Crippen molar-refractivity contribution in [3.63, 3.8) is 0 Å². The highest BCUT2D eigenvalue weighted by atomic mass is 35.5. The van der Waals surface area contributed by atoms with Crippen LogP contribution in [0.2, 0.25) is 5.15 Å². The number of aryl methyl sites for hydroxylation is 2. The topological polar surface area (TPSA) is 68.5 Å². The molecule has 28 heavy (non-hydrogen) atoms. The van der Waals surface area contributed by atoms with Crippen LogP contribution in [-0.4, -0.2) is 28.5 Å². The van der Waals surface area contributed by atoms with E-state index < -0.39 is 0 Å². The number of nitrogens with zero attached hydrogens (tertiary/aromatic N) is 3. The number of hydrogen-bond donors (Lipinski definition) is 1. The summed E-state index contributed by atoms with van der Waals surface area (Å²) in [5.74, 6) is 0.277. The van der Waals surface area contributed by atoms with Crippen molar-refractivity contribution in [1.82, 2.24) is 15.2 Å². The van der Waals surface area contributed by atoms with Crippen molar-refractivity contribution in [3.8, 4) is 11.4 Å². The van der Waals surface area contributed by atoms with Gasteiger partial charge in [-0.3, -0.25) is 4.79 Å². The highest BCUT2D eigenvalue weighted by molar-refractivity contribution is 6.32. The van der Waals surface area contributed by atoms with Gasteiger partial charge in [-0.15, -0.1) is 0 Å². The van der Waals surface area contributed by atoms with Crippen LogP contribution in [0, 0.1) is 6.92 Å². The molecule has 0 saturated carbocycles. The van der Waals surface area contributed by atoms with Gasteiger partial charge in [0.15, 0.2) is 6.61 Å². The average Bonchev–Trinajstić information content (AvgIpc) is 3.01. The summed E-state index contributed by atoms with van der Waals surface area (Å²) in [5.41, 5.74) is 5.85. The van der Waals surface area contributed by atoms with Crippen LogP contribution >= 0.6 is 11.6 Å². The number of carbonyl (C=O) groups is 1. The predicted molar refractivity (Wildman–Crippen MR) is 110 cm³/mol. The van der Waals surface area contributed by atoms with E-state index in [0.29, 0.717) is 22.2 Å². The van der Waals surface area contributed by atoms with E-state index in [9.17, 15) is 4.79 Å². The van der Waals surface area contributed by atoms with E-state index in [1.54, 1.807) is 4.68 Å². The Labute approximate surface area is 168 Å². The maximum absolute atomic E-state index is 11.9. The number of hydrazone groups is 1. The minimum absolute atomic E-state index is 0.126. The zero-order valence-corrected chi connectivity index (χ0v) is 16.5. The van der Waals surface area contributed by atoms with E-state index in [2.05, 4.69) is 22.5 Å². The van der Waals surface area contributed by atoms with Gasteiger partial charge in [-0.25, -0.2) is 10.1 Å². The fourth-order valence-corrected chi connectivity index (χ4v) is 2.89. The third-order valence-corrected chi connectivity index (χ3v) is 4.50. The van der Waals surface area contributed by atoms with Crippen LogP contribution < -0.4 is 10.2 Å². The summed E-state index contributed by atoms with van der Waals surface area (Å²) in [6.07, 6.45) is 2.44. The van der Waals surface area contributed by atoms with Gasteiger partial charge in [0, 0.05) is 0 Å². The molecule has 0 radical (unpaired) electrons. The molecule has 0 bridgehead atoms. The molecule has 3 rings (SSSR count). The first-order valence-corrected chi connectivity index (χ1v) is 9.30. The van der Waals surface area contributed by atoms with E-state index in [1.807, 2.05) is 61.5 Å². The zero-order valence-electron chi connectivity index (χ0n) is 15.7. The Morgan fingerprint density at radius 1 is 1.21 bits per heavy atom. The van der Waals surface area contributed by atoms with Crippen LogP contribution in [0.1, 0.15) is 23.7 Å². The Hall–Kier alpha value is -3.12. The van der Waals surface area contributed by atoms with Crippen molar-refractivity contribution in [2.45, 2.75) is 20.3 Å². The van der Waals surface area contributed by atoms with Crippen LogP contribution in [-0.2, 0) is 11.2 Å². The largest absolute Gasteiger partial charge is 0.484 e. The summed E-state index contributed by atoms with van der Waals surface area (Å²) in [5, 5.41) is 8.82. The van der Waals surface area contributed by atoms with Gasteiger partial charge in [-0.1, -0.05) is 48.9 Å². The van der Waals surface area contributed by atoms with E-state index in [1.165, 1.54) is 11.8 Å². The van der Waals surface area contributed by atoms with Crippen LogP contribution in [0.4, 0.5) is 0 Å². The number of hydrogen-bond acceptors (Lipinski definition) is 4. The molecule has 2 aromatic carbocycles. The molecule has 0 spiro atoms. The highest BCUT2D eigenvalue weighted by Gasteiger charge is 2.13. The van der Waals surface area contributed by atoms with E-state index in [0.717, 1.165) is 12.1 Å². The van der Waals surface area contributed by atoms with Crippen molar-refractivity contribution < 1.29 is 9.53 Å². The Kier molecular flexibility index (Phi) is 6.45. The molecule has 1 heterocycles. The lowest BCUT2D eigenvalue weighted by atomic mass is 10.2. The molecule has 6 nitrogen and oxygen atoms in total. The standard InChI is InChI=1S/C21H21ClN4O2/c1-3-16-9-11-18(12-10-16)28-14-20(27)24-23-13-19-15(2)25-26(21(19)22)17-7-5-4-6-8-17/h4-13H,3,14H2,1-2H3,(H,24,27)/b23-13+. The van der Waals surface area contributed by atoms with E-state index >= 15 is 0 Å². The molecule has 3 aromatic rings. The third-order valence-electron chi connectivity index (χ3n) is 4.13. The third kappa shape index (κ3) is 4.78. The molecular weight excluding hydrogens is 376 g/mol. The Bertz CT molecular complexity index is 966. The minimum Gasteiger partial charge on any atom is -0.484 e. The summed E-state index contributed by atoms with van der Waals surface area (Å²) in [6, 6.07) is 17.2. The molecule has 1 N–H and O–H groups in total. The van der Waals surface area contributed by atoms with Gasteiger partial charge in [0.05, 0.1) is 23.2 Å². The Balaban J connectivity index is 1.58. The first-order valence-electron chi connectivity index (χ1n) is 8.92. The lowest BCUT2D eigenvalue weighted by molar-refractivity contribution is -0.123. The van der Waals surface area contributed by atoms with Crippen molar-refractivity contribution in [2.24, 2.45) is 5.10 Å². The number of ether oxygens (including phenoxy) is 1. The monoisotopic (exact) mass is 396 g/mol. The number of halogens is 1. The van der Waals surface area contributed by atoms with Crippen LogP contribution in [0.15, 0.2) is 59.7 Å². The van der Waals surface area contributed by atoms with Crippen molar-refractivity contribution in [3.05, 3.63) is 76.6 Å². The van der Waals surface area contributed by atoms with Crippen LogP contribution in [0.25, 0.3) is 5.69 Å². The molecule has 1 amide bonds. The fourth-order valence-electron chi connectivity index (χ4n) is 2.57. The Morgan fingerprint density at radius 2 is 1.93 bits per heavy atom. The highest BCUT2D eigenvalue weighted by Crippen LogP contribution is 2.21. The fraction of sp³-hybridized carbons (Fsp3) is 0.190. The van der Waals surface area contributed by atoms with Gasteiger partial charge in [0.25, 0.3) is 5.91 Å². The molecule has 144 valence electrons. The summed E-state index contributed by atoms with van der Waals surface area (Å²) in [6.45, 7) is 3.79. The first kappa shape index (κ1) is 19.6. The average molecular weight is 397 g/mol. The second kappa shape index (κ2) is 9.19. The molecule has 0 aliphatic carbocycles. The lowest BCUT2D eigenvalue weighted by Crippen LogP contribution is -2.24. The second-order valence-electron chi connectivity index (χ2n) is 6.12. The number of para-hydroxylation sites is 1. The Morgan fingerprint density at radius 3 is 2.61 bits per heavy atom. The number of amides is 1. The quantitative estimate of drug-likeness (QED) is 0.486. The number of benzene rings is 2. The lowest BCUT2D eigenvalue weighted by Gasteiger charge is -2.05. The van der Waals surface area contributed by atoms with Crippen LogP contribution in [0.5, 0.6) is 5.75 Å². The van der Waals surface area contributed by atoms with Gasteiger partial charge in [0.2, 0.25) is 0 Å². The number of carbonyl (C=O) groups excluding carboxylic acids is 1. The first-order chi connectivity index (χ1) is 13.6. The maximum Gasteiger partial charge on any atom is 0.277 e. The molecular formula is C21H21ClN4O2. The van der Waals surface area contributed by atoms with Crippen LogP contribution in [0.3, 0.4) is 0 Å². The smallest absolute Gasteiger partial charge is 0.277 e. The van der Waals surface area contributed by atoms with Gasteiger partial charge in [0.1, 0.15) is 10.9 Å². The molecule has 0 saturated heterocycles. The van der Waals surface area contributed by atoms with Gasteiger partial charge in [-0.05, 0) is 43.2 Å². The number of rotatable bonds is 7. The molecule has 0 unspecified atom stereocenters. The summed E-state index contributed by atoms with van der Waals surface area (Å²) in [4.78, 5) is 11.9. The van der Waals surface area contributed by atoms with Gasteiger partial charge < -0.3 is 4.74 Å². The molecule has 1 aromatic heterocycles. The zero-order chi connectivity index (χ0) is 19.9. The number of nitrogens with one attached hydrogen (secondary N) is 1. The van der Waals surface area contributed by atoms with Crippen molar-refractivity contribution in [1.29, 1.82) is 0 Å². The second-order valence-corrected chi connectivity index (χ2v) is 6.47. The molecule has 0 atom stereocenters. The summed E-state index contributed by atoms with van der Waals surface area (Å²) in [7, 11) is 0. The summed E-state index contributed by atoms with van der Waals surface area (Å²) >= 11 is 6.42.